The normalized spacial score (nSPS) is 19.8. The SMILES string of the molecule is C=CCC(C)(C)C=NC1CCCC1. The molecule has 1 nitrogen and oxygen atoms in total. The van der Waals surface area contributed by atoms with E-state index in [2.05, 4.69) is 31.6 Å². The largest absolute Gasteiger partial charge is 0.294 e. The molecular formula is C12H21N. The summed E-state index contributed by atoms with van der Waals surface area (Å²) in [5.41, 5.74) is 0.199. The van der Waals surface area contributed by atoms with Gasteiger partial charge in [-0.05, 0) is 19.3 Å². The van der Waals surface area contributed by atoms with E-state index < -0.39 is 0 Å². The number of hydrogen-bond donors (Lipinski definition) is 0. The summed E-state index contributed by atoms with van der Waals surface area (Å²) in [6, 6.07) is 0.615. The molecule has 0 aromatic heterocycles. The van der Waals surface area contributed by atoms with Crippen LogP contribution < -0.4 is 0 Å². The molecule has 1 saturated carbocycles. The molecule has 13 heavy (non-hydrogen) atoms. The molecule has 0 amide bonds. The van der Waals surface area contributed by atoms with Gasteiger partial charge in [0, 0.05) is 17.7 Å². The van der Waals surface area contributed by atoms with Gasteiger partial charge in [-0.2, -0.15) is 0 Å². The fraction of sp³-hybridized carbons (Fsp3) is 0.750. The molecule has 0 heterocycles. The summed E-state index contributed by atoms with van der Waals surface area (Å²) in [4.78, 5) is 4.64. The Balaban J connectivity index is 2.40. The van der Waals surface area contributed by atoms with Crippen LogP contribution in [0.2, 0.25) is 0 Å². The smallest absolute Gasteiger partial charge is 0.0496 e. The molecule has 1 aliphatic rings. The van der Waals surface area contributed by atoms with Crippen molar-refractivity contribution in [2.75, 3.05) is 0 Å². The molecule has 1 fully saturated rings. The third-order valence-corrected chi connectivity index (χ3v) is 2.63. The molecule has 0 bridgehead atoms. The van der Waals surface area contributed by atoms with Crippen LogP contribution >= 0.6 is 0 Å². The van der Waals surface area contributed by atoms with Crippen LogP contribution in [0.4, 0.5) is 0 Å². The maximum atomic E-state index is 4.64. The highest BCUT2D eigenvalue weighted by molar-refractivity contribution is 5.65. The van der Waals surface area contributed by atoms with E-state index in [4.69, 9.17) is 0 Å². The Morgan fingerprint density at radius 1 is 1.38 bits per heavy atom. The molecule has 0 spiro atoms. The number of nitrogens with zero attached hydrogens (tertiary/aromatic N) is 1. The Labute approximate surface area is 82.0 Å². The highest BCUT2D eigenvalue weighted by atomic mass is 14.8. The van der Waals surface area contributed by atoms with E-state index in [9.17, 15) is 0 Å². The van der Waals surface area contributed by atoms with Crippen molar-refractivity contribution in [3.8, 4) is 0 Å². The van der Waals surface area contributed by atoms with Crippen molar-refractivity contribution in [1.82, 2.24) is 0 Å². The van der Waals surface area contributed by atoms with Crippen LogP contribution in [0.25, 0.3) is 0 Å². The summed E-state index contributed by atoms with van der Waals surface area (Å²) in [6.07, 6.45) is 10.4. The minimum Gasteiger partial charge on any atom is -0.294 e. The Morgan fingerprint density at radius 2 is 2.00 bits per heavy atom. The van der Waals surface area contributed by atoms with Gasteiger partial charge in [-0.1, -0.05) is 32.8 Å². The first-order valence-electron chi connectivity index (χ1n) is 5.29. The van der Waals surface area contributed by atoms with Crippen molar-refractivity contribution in [2.45, 2.75) is 52.0 Å². The second kappa shape index (κ2) is 4.59. The summed E-state index contributed by atoms with van der Waals surface area (Å²) < 4.78 is 0. The molecular weight excluding hydrogens is 158 g/mol. The van der Waals surface area contributed by atoms with Crippen molar-refractivity contribution >= 4 is 6.21 Å². The average molecular weight is 179 g/mol. The lowest BCUT2D eigenvalue weighted by molar-refractivity contribution is 0.538. The molecule has 0 aromatic rings. The standard InChI is InChI=1S/C12H21N/c1-4-9-12(2,3)10-13-11-7-5-6-8-11/h4,10-11H,1,5-9H2,2-3H3. The van der Waals surface area contributed by atoms with Gasteiger partial charge in [-0.25, -0.2) is 0 Å². The van der Waals surface area contributed by atoms with Crippen molar-refractivity contribution in [3.63, 3.8) is 0 Å². The Bertz CT molecular complexity index is 185. The van der Waals surface area contributed by atoms with Gasteiger partial charge in [0.25, 0.3) is 0 Å². The van der Waals surface area contributed by atoms with E-state index in [0.29, 0.717) is 6.04 Å². The maximum absolute atomic E-state index is 4.64. The number of aliphatic imine (C=N–C) groups is 1. The van der Waals surface area contributed by atoms with Crippen LogP contribution in [0.15, 0.2) is 17.6 Å². The van der Waals surface area contributed by atoms with Crippen LogP contribution in [-0.2, 0) is 0 Å². The Morgan fingerprint density at radius 3 is 2.54 bits per heavy atom. The van der Waals surface area contributed by atoms with Crippen molar-refractivity contribution in [1.29, 1.82) is 0 Å². The fourth-order valence-corrected chi connectivity index (χ4v) is 1.79. The second-order valence-electron chi connectivity index (χ2n) is 4.70. The molecule has 74 valence electrons. The first-order valence-corrected chi connectivity index (χ1v) is 5.29. The van der Waals surface area contributed by atoms with Gasteiger partial charge < -0.3 is 0 Å². The van der Waals surface area contributed by atoms with Gasteiger partial charge in [-0.3, -0.25) is 4.99 Å². The van der Waals surface area contributed by atoms with Crippen molar-refractivity contribution in [3.05, 3.63) is 12.7 Å². The minimum absolute atomic E-state index is 0.199. The van der Waals surface area contributed by atoms with E-state index in [1.54, 1.807) is 0 Å². The van der Waals surface area contributed by atoms with Gasteiger partial charge >= 0.3 is 0 Å². The van der Waals surface area contributed by atoms with E-state index in [1.165, 1.54) is 25.7 Å². The van der Waals surface area contributed by atoms with Crippen LogP contribution in [-0.4, -0.2) is 12.3 Å². The monoisotopic (exact) mass is 179 g/mol. The van der Waals surface area contributed by atoms with E-state index in [0.717, 1.165) is 6.42 Å². The predicted molar refractivity (Wildman–Crippen MR) is 59.3 cm³/mol. The Kier molecular flexibility index (Phi) is 3.71. The number of allylic oxidation sites excluding steroid dienone is 1. The molecule has 1 heteroatoms. The summed E-state index contributed by atoms with van der Waals surface area (Å²) in [7, 11) is 0. The lowest BCUT2D eigenvalue weighted by atomic mass is 9.91. The fourth-order valence-electron chi connectivity index (χ4n) is 1.79. The van der Waals surface area contributed by atoms with Crippen LogP contribution in [0.5, 0.6) is 0 Å². The maximum Gasteiger partial charge on any atom is 0.0496 e. The summed E-state index contributed by atoms with van der Waals surface area (Å²) in [5, 5.41) is 0. The zero-order valence-electron chi connectivity index (χ0n) is 8.92. The lowest BCUT2D eigenvalue weighted by Gasteiger charge is -2.17. The van der Waals surface area contributed by atoms with Crippen LogP contribution in [0, 0.1) is 5.41 Å². The first-order chi connectivity index (χ1) is 6.14. The summed E-state index contributed by atoms with van der Waals surface area (Å²) in [5.74, 6) is 0. The predicted octanol–water partition coefficient (Wildman–Crippen LogP) is 3.60. The lowest BCUT2D eigenvalue weighted by Crippen LogP contribution is -2.13. The van der Waals surface area contributed by atoms with E-state index >= 15 is 0 Å². The quantitative estimate of drug-likeness (QED) is 0.462. The second-order valence-corrected chi connectivity index (χ2v) is 4.70. The first kappa shape index (κ1) is 10.5. The van der Waals surface area contributed by atoms with Gasteiger partial charge in [-0.15, -0.1) is 6.58 Å². The average Bonchev–Trinajstić information content (AvgIpc) is 2.52. The topological polar surface area (TPSA) is 12.4 Å². The van der Waals surface area contributed by atoms with E-state index in [1.807, 2.05) is 6.08 Å². The molecule has 0 unspecified atom stereocenters. The highest BCUT2D eigenvalue weighted by Gasteiger charge is 2.16. The van der Waals surface area contributed by atoms with Crippen LogP contribution in [0.3, 0.4) is 0 Å². The van der Waals surface area contributed by atoms with Gasteiger partial charge in [0.1, 0.15) is 0 Å². The van der Waals surface area contributed by atoms with E-state index in [-0.39, 0.29) is 5.41 Å². The molecule has 0 radical (unpaired) electrons. The third kappa shape index (κ3) is 3.75. The molecule has 0 aromatic carbocycles. The van der Waals surface area contributed by atoms with Crippen LogP contribution in [0.1, 0.15) is 46.0 Å². The van der Waals surface area contributed by atoms with Gasteiger partial charge in [0.15, 0.2) is 0 Å². The zero-order chi connectivity index (χ0) is 9.73. The van der Waals surface area contributed by atoms with Crippen molar-refractivity contribution < 1.29 is 0 Å². The van der Waals surface area contributed by atoms with Gasteiger partial charge in [0.05, 0.1) is 0 Å². The number of hydrogen-bond acceptors (Lipinski definition) is 1. The summed E-state index contributed by atoms with van der Waals surface area (Å²) in [6.45, 7) is 8.19. The highest BCUT2D eigenvalue weighted by Crippen LogP contribution is 2.23. The molecule has 1 rings (SSSR count). The van der Waals surface area contributed by atoms with Gasteiger partial charge in [0.2, 0.25) is 0 Å². The molecule has 1 aliphatic carbocycles. The summed E-state index contributed by atoms with van der Waals surface area (Å²) >= 11 is 0. The molecule has 0 atom stereocenters. The Hall–Kier alpha value is -0.590. The molecule has 0 saturated heterocycles. The molecule has 0 N–H and O–H groups in total. The minimum atomic E-state index is 0.199. The molecule has 0 aliphatic heterocycles. The zero-order valence-corrected chi connectivity index (χ0v) is 8.92. The number of rotatable bonds is 4. The third-order valence-electron chi connectivity index (χ3n) is 2.63. The van der Waals surface area contributed by atoms with Crippen molar-refractivity contribution in [2.24, 2.45) is 10.4 Å².